The highest BCUT2D eigenvalue weighted by Gasteiger charge is 2.23. The van der Waals surface area contributed by atoms with Gasteiger partial charge in [0.15, 0.2) is 5.11 Å². The van der Waals surface area contributed by atoms with Gasteiger partial charge < -0.3 is 15.0 Å². The highest BCUT2D eigenvalue weighted by Crippen LogP contribution is 2.30. The quantitative estimate of drug-likeness (QED) is 0.271. The monoisotopic (exact) mass is 530 g/mol. The van der Waals surface area contributed by atoms with Crippen molar-refractivity contribution in [3.63, 3.8) is 0 Å². The molecule has 1 aliphatic heterocycles. The first-order valence-electron chi connectivity index (χ1n) is 8.53. The van der Waals surface area contributed by atoms with E-state index in [4.69, 9.17) is 17.0 Å². The van der Waals surface area contributed by atoms with Crippen LogP contribution in [-0.4, -0.2) is 42.2 Å². The summed E-state index contributed by atoms with van der Waals surface area (Å²) in [6.07, 6.45) is 0. The summed E-state index contributed by atoms with van der Waals surface area (Å²) >= 11 is 7.02. The number of nitrogens with one attached hydrogen (secondary N) is 2. The fourth-order valence-corrected chi connectivity index (χ4v) is 3.46. The predicted molar refractivity (Wildman–Crippen MR) is 119 cm³/mol. The van der Waals surface area contributed by atoms with Crippen molar-refractivity contribution in [1.82, 2.24) is 5.32 Å². The second-order valence-corrected chi connectivity index (χ2v) is 7.75. The Morgan fingerprint density at radius 1 is 1.24 bits per heavy atom. The number of benzene rings is 2. The SMILES string of the molecule is O=C(NC(=S)Nc1ccc(I)cc1F)c1ccc(N2CCOCC2)c([N+](=O)[O-])c1. The van der Waals surface area contributed by atoms with Gasteiger partial charge in [-0.15, -0.1) is 0 Å². The molecule has 8 nitrogen and oxygen atoms in total. The fourth-order valence-electron chi connectivity index (χ4n) is 2.80. The van der Waals surface area contributed by atoms with E-state index in [0.717, 1.165) is 0 Å². The van der Waals surface area contributed by atoms with Crippen LogP contribution < -0.4 is 15.5 Å². The zero-order valence-corrected chi connectivity index (χ0v) is 18.0. The van der Waals surface area contributed by atoms with Crippen LogP contribution in [0.2, 0.25) is 0 Å². The van der Waals surface area contributed by atoms with Crippen molar-refractivity contribution in [3.8, 4) is 0 Å². The maximum absolute atomic E-state index is 13.9. The largest absolute Gasteiger partial charge is 0.378 e. The van der Waals surface area contributed by atoms with E-state index in [-0.39, 0.29) is 22.1 Å². The molecule has 0 atom stereocenters. The highest BCUT2D eigenvalue weighted by atomic mass is 127. The highest BCUT2D eigenvalue weighted by molar-refractivity contribution is 14.1. The maximum Gasteiger partial charge on any atom is 0.293 e. The van der Waals surface area contributed by atoms with Crippen LogP contribution in [0.1, 0.15) is 10.4 Å². The Balaban J connectivity index is 1.73. The van der Waals surface area contributed by atoms with Crippen molar-refractivity contribution >= 4 is 62.9 Å². The normalized spacial score (nSPS) is 13.7. The fraction of sp³-hybridized carbons (Fsp3) is 0.222. The third-order valence-electron chi connectivity index (χ3n) is 4.19. The van der Waals surface area contributed by atoms with E-state index in [2.05, 4.69) is 10.6 Å². The van der Waals surface area contributed by atoms with Gasteiger partial charge in [0.1, 0.15) is 11.5 Å². The molecule has 0 aromatic heterocycles. The average Bonchev–Trinajstić information content (AvgIpc) is 2.70. The number of nitro groups is 1. The summed E-state index contributed by atoms with van der Waals surface area (Å²) < 4.78 is 19.9. The van der Waals surface area contributed by atoms with E-state index < -0.39 is 16.6 Å². The molecule has 2 aromatic carbocycles. The zero-order chi connectivity index (χ0) is 21.0. The molecule has 2 aromatic rings. The van der Waals surface area contributed by atoms with Crippen LogP contribution in [0, 0.1) is 19.5 Å². The minimum Gasteiger partial charge on any atom is -0.378 e. The third-order valence-corrected chi connectivity index (χ3v) is 5.07. The lowest BCUT2D eigenvalue weighted by molar-refractivity contribution is -0.384. The number of hydrogen-bond donors (Lipinski definition) is 2. The summed E-state index contributed by atoms with van der Waals surface area (Å²) in [5, 5.41) is 16.4. The number of carbonyl (C=O) groups is 1. The molecule has 29 heavy (non-hydrogen) atoms. The Bertz CT molecular complexity index is 969. The van der Waals surface area contributed by atoms with Crippen molar-refractivity contribution in [2.75, 3.05) is 36.5 Å². The van der Waals surface area contributed by atoms with Crippen LogP contribution in [0.5, 0.6) is 0 Å². The van der Waals surface area contributed by atoms with E-state index in [0.29, 0.717) is 35.6 Å². The van der Waals surface area contributed by atoms with Crippen LogP contribution in [0.15, 0.2) is 36.4 Å². The van der Waals surface area contributed by atoms with E-state index in [9.17, 15) is 19.3 Å². The lowest BCUT2D eigenvalue weighted by Crippen LogP contribution is -2.37. The summed E-state index contributed by atoms with van der Waals surface area (Å²) in [7, 11) is 0. The van der Waals surface area contributed by atoms with E-state index in [1.807, 2.05) is 27.5 Å². The van der Waals surface area contributed by atoms with Crippen LogP contribution in [0.25, 0.3) is 0 Å². The number of nitrogens with zero attached hydrogens (tertiary/aromatic N) is 2. The minimum absolute atomic E-state index is 0.0703. The smallest absolute Gasteiger partial charge is 0.293 e. The number of anilines is 2. The molecular formula is C18H16FIN4O4S. The molecule has 2 N–H and O–H groups in total. The Hall–Kier alpha value is -2.38. The number of carbonyl (C=O) groups excluding carboxylic acids is 1. The third kappa shape index (κ3) is 5.36. The lowest BCUT2D eigenvalue weighted by atomic mass is 10.1. The molecule has 0 aliphatic carbocycles. The van der Waals surface area contributed by atoms with E-state index in [1.54, 1.807) is 6.07 Å². The number of thiocarbonyl (C=S) groups is 1. The topological polar surface area (TPSA) is 96.7 Å². The maximum atomic E-state index is 13.9. The summed E-state index contributed by atoms with van der Waals surface area (Å²) in [4.78, 5) is 25.3. The number of nitro benzene ring substituents is 1. The van der Waals surface area contributed by atoms with Gasteiger partial charge in [0.2, 0.25) is 0 Å². The van der Waals surface area contributed by atoms with Gasteiger partial charge in [0, 0.05) is 28.3 Å². The molecule has 0 spiro atoms. The van der Waals surface area contributed by atoms with Crippen LogP contribution in [0.3, 0.4) is 0 Å². The van der Waals surface area contributed by atoms with Crippen molar-refractivity contribution in [2.24, 2.45) is 0 Å². The standard InChI is InChI=1S/C18H16FIN4O4S/c19-13-10-12(20)2-3-14(13)21-18(29)22-17(25)11-1-4-15(16(9-11)24(26)27)23-5-7-28-8-6-23/h1-4,9-10H,5-8H2,(H2,21,22,25,29). The molecule has 0 unspecified atom stereocenters. The van der Waals surface area contributed by atoms with Gasteiger partial charge in [0.25, 0.3) is 11.6 Å². The predicted octanol–water partition coefficient (Wildman–Crippen LogP) is 3.30. The first-order chi connectivity index (χ1) is 13.8. The summed E-state index contributed by atoms with van der Waals surface area (Å²) in [6, 6.07) is 8.73. The molecule has 0 saturated carbocycles. The number of hydrogen-bond acceptors (Lipinski definition) is 6. The zero-order valence-electron chi connectivity index (χ0n) is 15.0. The number of morpholine rings is 1. The Labute approximate surface area is 184 Å². The van der Waals surface area contributed by atoms with Gasteiger partial charge in [-0.3, -0.25) is 20.2 Å². The van der Waals surface area contributed by atoms with E-state index >= 15 is 0 Å². The second kappa shape index (κ2) is 9.41. The molecule has 1 aliphatic rings. The van der Waals surface area contributed by atoms with E-state index in [1.165, 1.54) is 30.3 Å². The Morgan fingerprint density at radius 2 is 1.97 bits per heavy atom. The molecule has 1 heterocycles. The van der Waals surface area contributed by atoms with Gasteiger partial charge in [-0.25, -0.2) is 4.39 Å². The minimum atomic E-state index is -0.634. The first kappa shape index (κ1) is 21.3. The molecule has 1 fully saturated rings. The molecule has 3 rings (SSSR count). The number of halogens is 2. The molecule has 11 heteroatoms. The van der Waals surface area contributed by atoms with Gasteiger partial charge in [0.05, 0.1) is 23.8 Å². The van der Waals surface area contributed by atoms with Crippen molar-refractivity contribution < 1.29 is 18.8 Å². The van der Waals surface area contributed by atoms with Gasteiger partial charge in [-0.2, -0.15) is 0 Å². The van der Waals surface area contributed by atoms with Crippen LogP contribution in [-0.2, 0) is 4.74 Å². The average molecular weight is 530 g/mol. The summed E-state index contributed by atoms with van der Waals surface area (Å²) in [5.74, 6) is -1.15. The number of amides is 1. The van der Waals surface area contributed by atoms with Gasteiger partial charge in [-0.05, 0) is 65.1 Å². The molecule has 152 valence electrons. The second-order valence-electron chi connectivity index (χ2n) is 6.09. The number of ether oxygens (including phenoxy) is 1. The van der Waals surface area contributed by atoms with Gasteiger partial charge >= 0.3 is 0 Å². The van der Waals surface area contributed by atoms with Crippen LogP contribution >= 0.6 is 34.8 Å². The molecule has 0 radical (unpaired) electrons. The Morgan fingerprint density at radius 3 is 2.62 bits per heavy atom. The summed E-state index contributed by atoms with van der Waals surface area (Å²) in [6.45, 7) is 2.02. The molecule has 1 amide bonds. The summed E-state index contributed by atoms with van der Waals surface area (Å²) in [5.41, 5.74) is 0.434. The van der Waals surface area contributed by atoms with Crippen molar-refractivity contribution in [2.45, 2.75) is 0 Å². The first-order valence-corrected chi connectivity index (χ1v) is 10.0. The van der Waals surface area contributed by atoms with Crippen LogP contribution in [0.4, 0.5) is 21.5 Å². The van der Waals surface area contributed by atoms with Crippen molar-refractivity contribution in [3.05, 3.63) is 61.5 Å². The Kier molecular flexibility index (Phi) is 6.92. The molecule has 0 bridgehead atoms. The van der Waals surface area contributed by atoms with Crippen molar-refractivity contribution in [1.29, 1.82) is 0 Å². The lowest BCUT2D eigenvalue weighted by Gasteiger charge is -2.28. The molecular weight excluding hydrogens is 514 g/mol. The molecule has 1 saturated heterocycles. The number of rotatable bonds is 4. The van der Waals surface area contributed by atoms with Gasteiger partial charge in [-0.1, -0.05) is 0 Å².